The summed E-state index contributed by atoms with van der Waals surface area (Å²) in [6.45, 7) is 13.7. The number of rotatable bonds is 48. The Kier molecular flexibility index (Phi) is 45.2. The molecule has 0 bridgehead atoms. The van der Waals surface area contributed by atoms with E-state index in [1.54, 1.807) is 0 Å². The van der Waals surface area contributed by atoms with Gasteiger partial charge in [0.05, 0.1) is 0 Å². The fourth-order valence-corrected chi connectivity index (χ4v) is 8.29. The summed E-state index contributed by atoms with van der Waals surface area (Å²) in [4.78, 5) is 38.0. The number of carbonyl (C=O) groups excluding carboxylic acids is 3. The van der Waals surface area contributed by atoms with E-state index < -0.39 is 6.10 Å². The number of ether oxygens (including phenoxy) is 3. The predicted octanol–water partition coefficient (Wildman–Crippen LogP) is 17.6. The van der Waals surface area contributed by atoms with Crippen molar-refractivity contribution in [1.82, 2.24) is 0 Å². The lowest BCUT2D eigenvalue weighted by molar-refractivity contribution is -0.167. The maximum Gasteiger partial charge on any atom is 0.306 e. The van der Waals surface area contributed by atoms with Crippen LogP contribution in [0.1, 0.15) is 298 Å². The first-order valence-electron chi connectivity index (χ1n) is 27.1. The van der Waals surface area contributed by atoms with Gasteiger partial charge in [0.2, 0.25) is 0 Å². The molecule has 1 atom stereocenters. The van der Waals surface area contributed by atoms with Crippen molar-refractivity contribution in [2.24, 2.45) is 17.8 Å². The van der Waals surface area contributed by atoms with Crippen molar-refractivity contribution in [3.63, 3.8) is 0 Å². The summed E-state index contributed by atoms with van der Waals surface area (Å²) in [5.74, 6) is 1.63. The summed E-state index contributed by atoms with van der Waals surface area (Å²) < 4.78 is 16.8. The Labute approximate surface area is 380 Å². The summed E-state index contributed by atoms with van der Waals surface area (Å²) in [6.07, 6.45) is 46.6. The van der Waals surface area contributed by atoms with Gasteiger partial charge >= 0.3 is 17.9 Å². The second kappa shape index (κ2) is 46.4. The van der Waals surface area contributed by atoms with Gasteiger partial charge in [0.15, 0.2) is 6.10 Å². The standard InChI is InChI=1S/C55H106O6/c1-49(2)41-35-29-23-17-11-9-7-8-10-12-20-26-32-38-44-53(56)59-47-52(61-55(58)46-40-34-28-22-16-14-19-25-31-37-43-51(5)6)48-60-54(57)45-39-33-27-21-15-13-18-24-30-36-42-50(3)4/h49-52H,7-48H2,1-6H3/t52-/m1/s1. The zero-order valence-electron chi connectivity index (χ0n) is 42.0. The Hall–Kier alpha value is -1.59. The third-order valence-electron chi connectivity index (χ3n) is 12.4. The molecule has 0 N–H and O–H groups in total. The van der Waals surface area contributed by atoms with Crippen LogP contribution in [0.4, 0.5) is 0 Å². The molecule has 0 heterocycles. The van der Waals surface area contributed by atoms with Gasteiger partial charge in [0, 0.05) is 19.3 Å². The zero-order chi connectivity index (χ0) is 44.9. The van der Waals surface area contributed by atoms with E-state index >= 15 is 0 Å². The van der Waals surface area contributed by atoms with Gasteiger partial charge in [-0.2, -0.15) is 0 Å². The van der Waals surface area contributed by atoms with Crippen LogP contribution < -0.4 is 0 Å². The maximum atomic E-state index is 12.8. The van der Waals surface area contributed by atoms with Gasteiger partial charge in [-0.25, -0.2) is 0 Å². The monoisotopic (exact) mass is 863 g/mol. The van der Waals surface area contributed by atoms with Gasteiger partial charge in [-0.1, -0.05) is 260 Å². The van der Waals surface area contributed by atoms with Crippen molar-refractivity contribution in [1.29, 1.82) is 0 Å². The van der Waals surface area contributed by atoms with Crippen molar-refractivity contribution in [2.75, 3.05) is 13.2 Å². The molecule has 0 aromatic heterocycles. The highest BCUT2D eigenvalue weighted by Crippen LogP contribution is 2.18. The summed E-state index contributed by atoms with van der Waals surface area (Å²) in [6, 6.07) is 0. The van der Waals surface area contributed by atoms with E-state index in [1.165, 1.54) is 180 Å². The van der Waals surface area contributed by atoms with Crippen molar-refractivity contribution >= 4 is 17.9 Å². The lowest BCUT2D eigenvalue weighted by Gasteiger charge is -2.18. The fourth-order valence-electron chi connectivity index (χ4n) is 8.29. The second-order valence-corrected chi connectivity index (χ2v) is 20.3. The Balaban J connectivity index is 4.30. The molecule has 0 spiro atoms. The number of unbranched alkanes of at least 4 members (excludes halogenated alkanes) is 31. The highest BCUT2D eigenvalue weighted by molar-refractivity contribution is 5.71. The largest absolute Gasteiger partial charge is 0.462 e. The van der Waals surface area contributed by atoms with E-state index in [9.17, 15) is 14.4 Å². The minimum Gasteiger partial charge on any atom is -0.462 e. The third kappa shape index (κ3) is 49.3. The lowest BCUT2D eigenvalue weighted by atomic mass is 10.0. The van der Waals surface area contributed by atoms with Crippen LogP contribution in [-0.2, 0) is 28.6 Å². The molecule has 0 radical (unpaired) electrons. The molecule has 0 amide bonds. The van der Waals surface area contributed by atoms with Crippen molar-refractivity contribution in [3.8, 4) is 0 Å². The first kappa shape index (κ1) is 59.4. The Morgan fingerprint density at radius 1 is 0.279 bits per heavy atom. The molecule has 61 heavy (non-hydrogen) atoms. The number of hydrogen-bond donors (Lipinski definition) is 0. The molecular formula is C55H106O6. The molecule has 0 aliphatic heterocycles. The Morgan fingerprint density at radius 3 is 0.705 bits per heavy atom. The molecule has 0 aromatic rings. The lowest BCUT2D eigenvalue weighted by Crippen LogP contribution is -2.30. The molecular weight excluding hydrogens is 757 g/mol. The van der Waals surface area contributed by atoms with E-state index in [0.717, 1.165) is 75.5 Å². The molecule has 6 heteroatoms. The quantitative estimate of drug-likeness (QED) is 0.0344. The maximum absolute atomic E-state index is 12.8. The van der Waals surface area contributed by atoms with Crippen LogP contribution in [-0.4, -0.2) is 37.2 Å². The SMILES string of the molecule is CC(C)CCCCCCCCCCCCCCCCC(=O)OC[C@H](COC(=O)CCCCCCCCCCCCC(C)C)OC(=O)CCCCCCCCCCCCC(C)C. The summed E-state index contributed by atoms with van der Waals surface area (Å²) in [5.41, 5.74) is 0. The normalized spacial score (nSPS) is 12.1. The summed E-state index contributed by atoms with van der Waals surface area (Å²) in [5, 5.41) is 0. The average molecular weight is 863 g/mol. The molecule has 362 valence electrons. The van der Waals surface area contributed by atoms with Crippen molar-refractivity contribution in [2.45, 2.75) is 304 Å². The topological polar surface area (TPSA) is 78.9 Å². The highest BCUT2D eigenvalue weighted by Gasteiger charge is 2.19. The van der Waals surface area contributed by atoms with Gasteiger partial charge in [-0.05, 0) is 37.0 Å². The molecule has 0 aliphatic rings. The van der Waals surface area contributed by atoms with Gasteiger partial charge < -0.3 is 14.2 Å². The van der Waals surface area contributed by atoms with Gasteiger partial charge in [0.1, 0.15) is 13.2 Å². The van der Waals surface area contributed by atoms with Crippen LogP contribution in [0.15, 0.2) is 0 Å². The smallest absolute Gasteiger partial charge is 0.306 e. The van der Waals surface area contributed by atoms with Crippen molar-refractivity contribution in [3.05, 3.63) is 0 Å². The summed E-state index contributed by atoms with van der Waals surface area (Å²) in [7, 11) is 0. The van der Waals surface area contributed by atoms with E-state index in [-0.39, 0.29) is 31.1 Å². The first-order chi connectivity index (χ1) is 29.6. The Morgan fingerprint density at radius 2 is 0.475 bits per heavy atom. The molecule has 6 nitrogen and oxygen atoms in total. The molecule has 0 aliphatic carbocycles. The Bertz CT molecular complexity index is 945. The predicted molar refractivity (Wildman–Crippen MR) is 261 cm³/mol. The van der Waals surface area contributed by atoms with Gasteiger partial charge in [0.25, 0.3) is 0 Å². The molecule has 0 fully saturated rings. The third-order valence-corrected chi connectivity index (χ3v) is 12.4. The van der Waals surface area contributed by atoms with E-state index in [0.29, 0.717) is 19.3 Å². The first-order valence-corrected chi connectivity index (χ1v) is 27.1. The minimum absolute atomic E-state index is 0.0643. The van der Waals surface area contributed by atoms with Gasteiger partial charge in [-0.15, -0.1) is 0 Å². The van der Waals surface area contributed by atoms with Crippen molar-refractivity contribution < 1.29 is 28.6 Å². The highest BCUT2D eigenvalue weighted by atomic mass is 16.6. The van der Waals surface area contributed by atoms with Crippen LogP contribution in [0.25, 0.3) is 0 Å². The second-order valence-electron chi connectivity index (χ2n) is 20.3. The minimum atomic E-state index is -0.763. The zero-order valence-corrected chi connectivity index (χ0v) is 42.0. The van der Waals surface area contributed by atoms with Crippen LogP contribution in [0.3, 0.4) is 0 Å². The van der Waals surface area contributed by atoms with E-state index in [4.69, 9.17) is 14.2 Å². The number of hydrogen-bond acceptors (Lipinski definition) is 6. The average Bonchev–Trinajstić information content (AvgIpc) is 3.22. The number of esters is 3. The van der Waals surface area contributed by atoms with Gasteiger partial charge in [-0.3, -0.25) is 14.4 Å². The summed E-state index contributed by atoms with van der Waals surface area (Å²) >= 11 is 0. The fraction of sp³-hybridized carbons (Fsp3) is 0.945. The molecule has 0 saturated carbocycles. The van der Waals surface area contributed by atoms with Crippen LogP contribution in [0, 0.1) is 17.8 Å². The van der Waals surface area contributed by atoms with Crippen LogP contribution in [0.2, 0.25) is 0 Å². The molecule has 0 rings (SSSR count). The molecule has 0 unspecified atom stereocenters. The molecule has 0 aromatic carbocycles. The molecule has 0 saturated heterocycles. The van der Waals surface area contributed by atoms with E-state index in [2.05, 4.69) is 41.5 Å². The van der Waals surface area contributed by atoms with Crippen LogP contribution in [0.5, 0.6) is 0 Å². The van der Waals surface area contributed by atoms with Crippen LogP contribution >= 0.6 is 0 Å². The number of carbonyl (C=O) groups is 3. The van der Waals surface area contributed by atoms with E-state index in [1.807, 2.05) is 0 Å².